The monoisotopic (exact) mass is 303 g/mol. The fraction of sp³-hybridized carbons (Fsp3) is 0.188. The topological polar surface area (TPSA) is 33.1 Å². The van der Waals surface area contributed by atoms with E-state index >= 15 is 0 Å². The van der Waals surface area contributed by atoms with E-state index < -0.39 is 0 Å². The highest BCUT2D eigenvalue weighted by atomic mass is 35.5. The Morgan fingerprint density at radius 2 is 2.10 bits per heavy atom. The van der Waals surface area contributed by atoms with Crippen molar-refractivity contribution in [1.29, 1.82) is 0 Å². The highest BCUT2D eigenvalue weighted by Crippen LogP contribution is 2.30. The Bertz CT molecular complexity index is 725. The van der Waals surface area contributed by atoms with Crippen molar-refractivity contribution in [2.45, 2.75) is 12.8 Å². The summed E-state index contributed by atoms with van der Waals surface area (Å²) in [5, 5.41) is 12.9. The van der Waals surface area contributed by atoms with Gasteiger partial charge in [-0.2, -0.15) is 0 Å². The van der Waals surface area contributed by atoms with Crippen molar-refractivity contribution in [3.63, 3.8) is 0 Å². The van der Waals surface area contributed by atoms with Gasteiger partial charge in [0.15, 0.2) is 0 Å². The number of aliphatic hydroxyl groups excluding tert-OH is 1. The van der Waals surface area contributed by atoms with Crippen LogP contribution >= 0.6 is 22.9 Å². The molecular formula is C16H14ClNOS. The van der Waals surface area contributed by atoms with E-state index in [1.165, 1.54) is 0 Å². The van der Waals surface area contributed by atoms with Crippen LogP contribution in [0.25, 0.3) is 21.5 Å². The highest BCUT2D eigenvalue weighted by molar-refractivity contribution is 7.13. The van der Waals surface area contributed by atoms with Crippen molar-refractivity contribution in [2.24, 2.45) is 0 Å². The van der Waals surface area contributed by atoms with Gasteiger partial charge < -0.3 is 5.11 Å². The number of rotatable bonds is 4. The van der Waals surface area contributed by atoms with E-state index in [1.807, 2.05) is 24.3 Å². The number of aryl methyl sites for hydroxylation is 1. The number of pyridine rings is 1. The van der Waals surface area contributed by atoms with E-state index in [-0.39, 0.29) is 6.61 Å². The molecule has 0 fully saturated rings. The number of thiophene rings is 1. The van der Waals surface area contributed by atoms with Crippen molar-refractivity contribution in [3.8, 4) is 10.6 Å². The third-order valence-corrected chi connectivity index (χ3v) is 4.33. The van der Waals surface area contributed by atoms with Gasteiger partial charge in [0.25, 0.3) is 0 Å². The Labute approximate surface area is 126 Å². The Hall–Kier alpha value is -1.42. The maximum Gasteiger partial charge on any atom is 0.0841 e. The minimum Gasteiger partial charge on any atom is -0.396 e. The molecule has 0 aliphatic carbocycles. The van der Waals surface area contributed by atoms with Crippen LogP contribution in [0.2, 0.25) is 5.02 Å². The number of aliphatic hydroxyl groups is 1. The van der Waals surface area contributed by atoms with Crippen LogP contribution in [0.15, 0.2) is 41.8 Å². The number of fused-ring (bicyclic) bond motifs is 1. The van der Waals surface area contributed by atoms with Gasteiger partial charge >= 0.3 is 0 Å². The molecule has 0 saturated carbocycles. The zero-order valence-electron chi connectivity index (χ0n) is 10.8. The smallest absolute Gasteiger partial charge is 0.0841 e. The first-order valence-corrected chi connectivity index (χ1v) is 7.77. The van der Waals surface area contributed by atoms with Crippen molar-refractivity contribution in [2.75, 3.05) is 6.61 Å². The molecule has 3 rings (SSSR count). The van der Waals surface area contributed by atoms with E-state index in [0.717, 1.165) is 44.9 Å². The molecule has 1 aromatic carbocycles. The number of hydrogen-bond acceptors (Lipinski definition) is 3. The summed E-state index contributed by atoms with van der Waals surface area (Å²) in [6.45, 7) is 0.192. The molecule has 2 nitrogen and oxygen atoms in total. The van der Waals surface area contributed by atoms with Crippen LogP contribution in [0, 0.1) is 0 Å². The van der Waals surface area contributed by atoms with Crippen LogP contribution in [-0.2, 0) is 6.42 Å². The molecule has 0 amide bonds. The highest BCUT2D eigenvalue weighted by Gasteiger charge is 2.10. The Morgan fingerprint density at radius 1 is 1.20 bits per heavy atom. The van der Waals surface area contributed by atoms with Gasteiger partial charge in [-0.1, -0.05) is 17.7 Å². The van der Waals surface area contributed by atoms with Crippen molar-refractivity contribution in [3.05, 3.63) is 52.4 Å². The summed E-state index contributed by atoms with van der Waals surface area (Å²) in [5.74, 6) is 0. The summed E-state index contributed by atoms with van der Waals surface area (Å²) in [4.78, 5) is 5.94. The minimum absolute atomic E-state index is 0.192. The average Bonchev–Trinajstić information content (AvgIpc) is 2.98. The van der Waals surface area contributed by atoms with Crippen LogP contribution in [-0.4, -0.2) is 16.7 Å². The molecule has 4 heteroatoms. The molecule has 2 heterocycles. The third kappa shape index (κ3) is 2.70. The lowest BCUT2D eigenvalue weighted by atomic mass is 10.0. The number of benzene rings is 1. The zero-order valence-corrected chi connectivity index (χ0v) is 12.4. The predicted octanol–water partition coefficient (Wildman–Crippen LogP) is 4.54. The maximum atomic E-state index is 9.07. The second-order valence-electron chi connectivity index (χ2n) is 4.64. The normalized spacial score (nSPS) is 11.1. The lowest BCUT2D eigenvalue weighted by Gasteiger charge is -2.09. The first-order valence-electron chi connectivity index (χ1n) is 6.52. The number of halogens is 1. The third-order valence-electron chi connectivity index (χ3n) is 3.21. The molecule has 0 aliphatic rings. The summed E-state index contributed by atoms with van der Waals surface area (Å²) in [6.07, 6.45) is 1.56. The maximum absolute atomic E-state index is 9.07. The van der Waals surface area contributed by atoms with E-state index in [2.05, 4.69) is 17.5 Å². The number of nitrogens with zero attached hydrogens (tertiary/aromatic N) is 1. The molecule has 0 aliphatic heterocycles. The molecule has 0 spiro atoms. The van der Waals surface area contributed by atoms with E-state index in [9.17, 15) is 0 Å². The molecule has 102 valence electrons. The molecule has 3 aromatic rings. The standard InChI is InChI=1S/C16H14ClNOS/c17-13-5-6-14-12(10-13)9-11(3-1-7-19)16(18-14)15-4-2-8-20-15/h2,4-6,8-10,19H,1,3,7H2. The zero-order chi connectivity index (χ0) is 13.9. The summed E-state index contributed by atoms with van der Waals surface area (Å²) in [5.41, 5.74) is 3.13. The Morgan fingerprint density at radius 3 is 2.85 bits per heavy atom. The quantitative estimate of drug-likeness (QED) is 0.767. The Kier molecular flexibility index (Phi) is 4.01. The van der Waals surface area contributed by atoms with Gasteiger partial charge in [0.1, 0.15) is 0 Å². The number of hydrogen-bond donors (Lipinski definition) is 1. The van der Waals surface area contributed by atoms with Gasteiger partial charge in [-0.3, -0.25) is 0 Å². The molecular weight excluding hydrogens is 290 g/mol. The fourth-order valence-electron chi connectivity index (χ4n) is 2.28. The lowest BCUT2D eigenvalue weighted by molar-refractivity contribution is 0.288. The summed E-state index contributed by atoms with van der Waals surface area (Å²) in [7, 11) is 0. The van der Waals surface area contributed by atoms with Crippen molar-refractivity contribution < 1.29 is 5.11 Å². The molecule has 0 unspecified atom stereocenters. The summed E-state index contributed by atoms with van der Waals surface area (Å²) >= 11 is 7.73. The lowest BCUT2D eigenvalue weighted by Crippen LogP contribution is -1.96. The van der Waals surface area contributed by atoms with Crippen LogP contribution in [0.1, 0.15) is 12.0 Å². The second-order valence-corrected chi connectivity index (χ2v) is 6.02. The van der Waals surface area contributed by atoms with Crippen LogP contribution in [0.4, 0.5) is 0 Å². The predicted molar refractivity (Wildman–Crippen MR) is 85.5 cm³/mol. The average molecular weight is 304 g/mol. The van der Waals surface area contributed by atoms with Crippen molar-refractivity contribution >= 4 is 33.8 Å². The second kappa shape index (κ2) is 5.92. The van der Waals surface area contributed by atoms with E-state index in [1.54, 1.807) is 11.3 Å². The molecule has 0 atom stereocenters. The molecule has 1 N–H and O–H groups in total. The van der Waals surface area contributed by atoms with Gasteiger partial charge in [-0.15, -0.1) is 11.3 Å². The van der Waals surface area contributed by atoms with Gasteiger partial charge in [0.2, 0.25) is 0 Å². The first kappa shape index (κ1) is 13.6. The van der Waals surface area contributed by atoms with Crippen LogP contribution in [0.3, 0.4) is 0 Å². The van der Waals surface area contributed by atoms with Gasteiger partial charge in [0.05, 0.1) is 16.1 Å². The first-order chi connectivity index (χ1) is 9.78. The SMILES string of the molecule is OCCCc1cc2cc(Cl)ccc2nc1-c1cccs1. The molecule has 2 aromatic heterocycles. The van der Waals surface area contributed by atoms with E-state index in [4.69, 9.17) is 21.7 Å². The molecule has 0 bridgehead atoms. The van der Waals surface area contributed by atoms with Gasteiger partial charge in [-0.25, -0.2) is 4.98 Å². The van der Waals surface area contributed by atoms with Gasteiger partial charge in [0, 0.05) is 17.0 Å². The largest absolute Gasteiger partial charge is 0.396 e. The van der Waals surface area contributed by atoms with Crippen molar-refractivity contribution in [1.82, 2.24) is 4.98 Å². The van der Waals surface area contributed by atoms with Crippen LogP contribution in [0.5, 0.6) is 0 Å². The number of aromatic nitrogens is 1. The van der Waals surface area contributed by atoms with Crippen LogP contribution < -0.4 is 0 Å². The minimum atomic E-state index is 0.192. The summed E-state index contributed by atoms with van der Waals surface area (Å²) < 4.78 is 0. The molecule has 20 heavy (non-hydrogen) atoms. The Balaban J connectivity index is 2.17. The van der Waals surface area contributed by atoms with E-state index in [0.29, 0.717) is 0 Å². The molecule has 0 radical (unpaired) electrons. The summed E-state index contributed by atoms with van der Waals surface area (Å²) in [6, 6.07) is 12.0. The molecule has 0 saturated heterocycles. The fourth-order valence-corrected chi connectivity index (χ4v) is 3.21. The van der Waals surface area contributed by atoms with Gasteiger partial charge in [-0.05, 0) is 54.1 Å².